The van der Waals surface area contributed by atoms with Crippen LogP contribution in [0.25, 0.3) is 0 Å². The lowest BCUT2D eigenvalue weighted by molar-refractivity contribution is -0.275. The van der Waals surface area contributed by atoms with E-state index in [0.29, 0.717) is 12.8 Å². The second-order valence-corrected chi connectivity index (χ2v) is 7.26. The van der Waals surface area contributed by atoms with Crippen LogP contribution in [-0.2, 0) is 19.6 Å². The first-order valence-electron chi connectivity index (χ1n) is 7.66. The van der Waals surface area contributed by atoms with E-state index in [1.807, 2.05) is 0 Å². The van der Waals surface area contributed by atoms with Crippen molar-refractivity contribution in [1.29, 1.82) is 0 Å². The summed E-state index contributed by atoms with van der Waals surface area (Å²) < 4.78 is 73.8. The van der Waals surface area contributed by atoms with Crippen LogP contribution >= 0.6 is 0 Å². The van der Waals surface area contributed by atoms with Crippen molar-refractivity contribution < 1.29 is 35.9 Å². The van der Waals surface area contributed by atoms with Crippen molar-refractivity contribution in [3.8, 4) is 5.75 Å². The Morgan fingerprint density at radius 2 is 1.84 bits per heavy atom. The summed E-state index contributed by atoms with van der Waals surface area (Å²) in [4.78, 5) is 11.5. The zero-order valence-electron chi connectivity index (χ0n) is 13.4. The molecule has 2 rings (SSSR count). The minimum Gasteiger partial charge on any atom is -0.465 e. The number of halogens is 3. The summed E-state index contributed by atoms with van der Waals surface area (Å²) >= 11 is 0. The first-order valence-corrected chi connectivity index (χ1v) is 9.14. The maximum atomic E-state index is 12.6. The average molecular weight is 381 g/mol. The number of benzene rings is 1. The molecule has 10 heteroatoms. The molecule has 1 aliphatic carbocycles. The van der Waals surface area contributed by atoms with Gasteiger partial charge >= 0.3 is 12.3 Å². The predicted octanol–water partition coefficient (Wildman–Crippen LogP) is 2.74. The average Bonchev–Trinajstić information content (AvgIpc) is 2.95. The summed E-state index contributed by atoms with van der Waals surface area (Å²) in [7, 11) is -4.44. The van der Waals surface area contributed by atoms with E-state index in [4.69, 9.17) is 4.74 Å². The van der Waals surface area contributed by atoms with Crippen LogP contribution in [0.2, 0.25) is 0 Å². The number of esters is 1. The Morgan fingerprint density at radius 3 is 2.40 bits per heavy atom. The first kappa shape index (κ1) is 19.5. The summed E-state index contributed by atoms with van der Waals surface area (Å²) in [6, 6.07) is 4.37. The Bertz CT molecular complexity index is 727. The second-order valence-electron chi connectivity index (χ2n) is 5.61. The molecule has 25 heavy (non-hydrogen) atoms. The third kappa shape index (κ3) is 4.63. The van der Waals surface area contributed by atoms with Gasteiger partial charge in [-0.1, -0.05) is 25.0 Å². The monoisotopic (exact) mass is 381 g/mol. The summed E-state index contributed by atoms with van der Waals surface area (Å²) in [6.45, 7) is 1.65. The van der Waals surface area contributed by atoms with Crippen LogP contribution in [0.15, 0.2) is 29.2 Å². The van der Waals surface area contributed by atoms with Crippen LogP contribution in [0.1, 0.15) is 32.6 Å². The van der Waals surface area contributed by atoms with E-state index >= 15 is 0 Å². The summed E-state index contributed by atoms with van der Waals surface area (Å²) in [5.41, 5.74) is -1.47. The number of nitrogens with one attached hydrogen (secondary N) is 1. The summed E-state index contributed by atoms with van der Waals surface area (Å²) in [6.07, 6.45) is -3.41. The second kappa shape index (κ2) is 7.20. The zero-order chi connectivity index (χ0) is 18.7. The number of para-hydroxylation sites is 1. The van der Waals surface area contributed by atoms with Gasteiger partial charge in [0.15, 0.2) is 0 Å². The number of carbonyl (C=O) groups excluding carboxylic acids is 1. The molecule has 1 N–H and O–H groups in total. The van der Waals surface area contributed by atoms with Crippen molar-refractivity contribution in [3.63, 3.8) is 0 Å². The topological polar surface area (TPSA) is 81.7 Å². The fraction of sp³-hybridized carbons (Fsp3) is 0.533. The summed E-state index contributed by atoms with van der Waals surface area (Å²) in [5, 5.41) is 0. The molecule has 1 saturated carbocycles. The van der Waals surface area contributed by atoms with Crippen LogP contribution in [0.5, 0.6) is 5.75 Å². The molecule has 0 heterocycles. The van der Waals surface area contributed by atoms with E-state index in [2.05, 4.69) is 9.46 Å². The fourth-order valence-electron chi connectivity index (χ4n) is 2.79. The SMILES string of the molecule is CCOC(=O)C1(NS(=O)(=O)c2ccccc2OC(F)(F)F)CCCC1. The molecule has 0 aromatic heterocycles. The van der Waals surface area contributed by atoms with Gasteiger partial charge in [0.1, 0.15) is 16.2 Å². The van der Waals surface area contributed by atoms with E-state index in [-0.39, 0.29) is 19.4 Å². The minimum absolute atomic E-state index is 0.0656. The largest absolute Gasteiger partial charge is 0.573 e. The molecule has 6 nitrogen and oxygen atoms in total. The van der Waals surface area contributed by atoms with Crippen LogP contribution in [0.3, 0.4) is 0 Å². The van der Waals surface area contributed by atoms with Crippen molar-refractivity contribution in [1.82, 2.24) is 4.72 Å². The van der Waals surface area contributed by atoms with Gasteiger partial charge in [0.25, 0.3) is 0 Å². The minimum atomic E-state index is -5.04. The smallest absolute Gasteiger partial charge is 0.465 e. The molecule has 0 bridgehead atoms. The number of hydrogen-bond acceptors (Lipinski definition) is 5. The van der Waals surface area contributed by atoms with Crippen molar-refractivity contribution in [3.05, 3.63) is 24.3 Å². The van der Waals surface area contributed by atoms with Gasteiger partial charge in [-0.15, -0.1) is 13.2 Å². The van der Waals surface area contributed by atoms with Gasteiger partial charge in [0.2, 0.25) is 10.0 Å². The zero-order valence-corrected chi connectivity index (χ0v) is 14.2. The number of ether oxygens (including phenoxy) is 2. The highest BCUT2D eigenvalue weighted by Crippen LogP contribution is 2.35. The van der Waals surface area contributed by atoms with Gasteiger partial charge < -0.3 is 9.47 Å². The Morgan fingerprint density at radius 1 is 1.24 bits per heavy atom. The highest BCUT2D eigenvalue weighted by Gasteiger charge is 2.46. The molecule has 0 spiro atoms. The van der Waals surface area contributed by atoms with E-state index in [1.165, 1.54) is 12.1 Å². The number of alkyl halides is 3. The lowest BCUT2D eigenvalue weighted by Crippen LogP contribution is -2.53. The quantitative estimate of drug-likeness (QED) is 0.767. The maximum absolute atomic E-state index is 12.6. The van der Waals surface area contributed by atoms with Crippen LogP contribution < -0.4 is 9.46 Å². The highest BCUT2D eigenvalue weighted by molar-refractivity contribution is 7.89. The highest BCUT2D eigenvalue weighted by atomic mass is 32.2. The lowest BCUT2D eigenvalue weighted by atomic mass is 10.00. The molecule has 1 aromatic rings. The fourth-order valence-corrected chi connectivity index (χ4v) is 4.33. The molecular weight excluding hydrogens is 363 g/mol. The van der Waals surface area contributed by atoms with Crippen molar-refractivity contribution >= 4 is 16.0 Å². The first-order chi connectivity index (χ1) is 11.6. The van der Waals surface area contributed by atoms with Gasteiger partial charge in [-0.05, 0) is 31.9 Å². The van der Waals surface area contributed by atoms with Gasteiger partial charge in [-0.2, -0.15) is 4.72 Å². The van der Waals surface area contributed by atoms with Gasteiger partial charge in [0, 0.05) is 0 Å². The van der Waals surface area contributed by atoms with Crippen molar-refractivity contribution in [2.75, 3.05) is 6.61 Å². The molecule has 0 atom stereocenters. The molecule has 0 amide bonds. The van der Waals surface area contributed by atoms with Crippen LogP contribution in [0, 0.1) is 0 Å². The van der Waals surface area contributed by atoms with Crippen LogP contribution in [0.4, 0.5) is 13.2 Å². The van der Waals surface area contributed by atoms with E-state index in [1.54, 1.807) is 6.92 Å². The van der Waals surface area contributed by atoms with Crippen molar-refractivity contribution in [2.45, 2.75) is 49.4 Å². The number of rotatable bonds is 6. The van der Waals surface area contributed by atoms with E-state index in [0.717, 1.165) is 12.1 Å². The van der Waals surface area contributed by atoms with E-state index in [9.17, 15) is 26.4 Å². The Balaban J connectivity index is 2.37. The number of hydrogen-bond donors (Lipinski definition) is 1. The van der Waals surface area contributed by atoms with Crippen LogP contribution in [-0.4, -0.2) is 32.9 Å². The molecular formula is C15H18F3NO5S. The van der Waals surface area contributed by atoms with Gasteiger partial charge in [-0.3, -0.25) is 4.79 Å². The van der Waals surface area contributed by atoms with Gasteiger partial charge in [0.05, 0.1) is 6.61 Å². The van der Waals surface area contributed by atoms with Gasteiger partial charge in [-0.25, -0.2) is 8.42 Å². The Labute approximate surface area is 143 Å². The molecule has 0 unspecified atom stereocenters. The molecule has 0 radical (unpaired) electrons. The number of carbonyl (C=O) groups is 1. The third-order valence-electron chi connectivity index (χ3n) is 3.82. The third-order valence-corrected chi connectivity index (χ3v) is 5.39. The Hall–Kier alpha value is -1.81. The van der Waals surface area contributed by atoms with E-state index < -0.39 is 38.5 Å². The molecule has 0 aliphatic heterocycles. The molecule has 140 valence electrons. The molecule has 0 saturated heterocycles. The molecule has 1 aliphatic rings. The lowest BCUT2D eigenvalue weighted by Gasteiger charge is -2.27. The predicted molar refractivity (Wildman–Crippen MR) is 81.3 cm³/mol. The Kier molecular flexibility index (Phi) is 5.62. The number of sulfonamides is 1. The van der Waals surface area contributed by atoms with Crippen molar-refractivity contribution in [2.24, 2.45) is 0 Å². The standard InChI is InChI=1S/C15H18F3NO5S/c1-2-23-13(20)14(9-5-6-10-14)19-25(21,22)12-8-4-3-7-11(12)24-15(16,17)18/h3-4,7-8,19H,2,5-6,9-10H2,1H3. The maximum Gasteiger partial charge on any atom is 0.573 e. The molecule has 1 aromatic carbocycles. The molecule has 1 fully saturated rings. The normalized spacial score (nSPS) is 17.3. The summed E-state index contributed by atoms with van der Waals surface area (Å²) in [5.74, 6) is -1.59.